The van der Waals surface area contributed by atoms with Crippen LogP contribution in [0.4, 0.5) is 0 Å². The zero-order chi connectivity index (χ0) is 15.6. The van der Waals surface area contributed by atoms with Crippen molar-refractivity contribution >= 4 is 10.0 Å². The summed E-state index contributed by atoms with van der Waals surface area (Å²) in [6.45, 7) is 0.307. The van der Waals surface area contributed by atoms with E-state index in [0.717, 1.165) is 18.4 Å². The van der Waals surface area contributed by atoms with Crippen molar-refractivity contribution in [2.24, 2.45) is 0 Å². The van der Waals surface area contributed by atoms with Crippen molar-refractivity contribution in [2.45, 2.75) is 30.7 Å². The van der Waals surface area contributed by atoms with Crippen LogP contribution in [0.1, 0.15) is 23.1 Å². The van der Waals surface area contributed by atoms with Gasteiger partial charge in [-0.3, -0.25) is 0 Å². The van der Waals surface area contributed by atoms with Gasteiger partial charge in [-0.05, 0) is 60.2 Å². The van der Waals surface area contributed by atoms with E-state index in [4.69, 9.17) is 4.74 Å². The van der Waals surface area contributed by atoms with Crippen LogP contribution in [0, 0.1) is 0 Å². The lowest BCUT2D eigenvalue weighted by atomic mass is 10.1. The van der Waals surface area contributed by atoms with Crippen LogP contribution < -0.4 is 9.46 Å². The average molecular weight is 317 g/mol. The lowest BCUT2D eigenvalue weighted by molar-refractivity contribution is 0.414. The van der Waals surface area contributed by atoms with Crippen LogP contribution in [0.3, 0.4) is 0 Å². The molecule has 2 aromatic carbocycles. The summed E-state index contributed by atoms with van der Waals surface area (Å²) in [4.78, 5) is 0.245. The number of benzene rings is 2. The number of rotatable bonds is 5. The van der Waals surface area contributed by atoms with Gasteiger partial charge in [0.2, 0.25) is 10.0 Å². The second kappa shape index (κ2) is 6.10. The Bertz CT molecular complexity index is 767. The molecule has 0 saturated heterocycles. The van der Waals surface area contributed by atoms with Crippen molar-refractivity contribution in [2.75, 3.05) is 7.11 Å². The summed E-state index contributed by atoms with van der Waals surface area (Å²) in [6, 6.07) is 12.6. The predicted molar refractivity (Wildman–Crippen MR) is 85.5 cm³/mol. The van der Waals surface area contributed by atoms with Gasteiger partial charge < -0.3 is 4.74 Å². The van der Waals surface area contributed by atoms with Gasteiger partial charge in [0.05, 0.1) is 12.0 Å². The molecule has 1 N–H and O–H groups in total. The molecular weight excluding hydrogens is 298 g/mol. The largest absolute Gasteiger partial charge is 0.497 e. The Morgan fingerprint density at radius 2 is 1.77 bits per heavy atom. The van der Waals surface area contributed by atoms with E-state index in [0.29, 0.717) is 12.3 Å². The summed E-state index contributed by atoms with van der Waals surface area (Å²) in [5, 5.41) is 0. The van der Waals surface area contributed by atoms with Gasteiger partial charge in [-0.15, -0.1) is 0 Å². The fraction of sp³-hybridized carbons (Fsp3) is 0.294. The van der Waals surface area contributed by atoms with Gasteiger partial charge in [0, 0.05) is 6.54 Å². The van der Waals surface area contributed by atoms with Crippen LogP contribution in [0.5, 0.6) is 5.75 Å². The fourth-order valence-corrected chi connectivity index (χ4v) is 3.77. The molecule has 0 radical (unpaired) electrons. The Morgan fingerprint density at radius 3 is 2.50 bits per heavy atom. The van der Waals surface area contributed by atoms with E-state index >= 15 is 0 Å². The molecule has 0 aromatic heterocycles. The smallest absolute Gasteiger partial charge is 0.240 e. The van der Waals surface area contributed by atoms with Crippen molar-refractivity contribution in [3.8, 4) is 5.75 Å². The summed E-state index contributed by atoms with van der Waals surface area (Å²) in [5.74, 6) is 0.637. The van der Waals surface area contributed by atoms with Crippen LogP contribution >= 0.6 is 0 Å². The van der Waals surface area contributed by atoms with Crippen LogP contribution in [0.15, 0.2) is 47.4 Å². The quantitative estimate of drug-likeness (QED) is 0.922. The Morgan fingerprint density at radius 1 is 1.05 bits per heavy atom. The third-order valence-corrected chi connectivity index (χ3v) is 5.42. The minimum Gasteiger partial charge on any atom is -0.497 e. The average Bonchev–Trinajstić information content (AvgIpc) is 3.01. The third-order valence-electron chi connectivity index (χ3n) is 4.00. The zero-order valence-corrected chi connectivity index (χ0v) is 13.3. The van der Waals surface area contributed by atoms with E-state index in [2.05, 4.69) is 16.9 Å². The first-order valence-corrected chi connectivity index (χ1v) is 8.81. The number of methoxy groups -OCH3 is 1. The molecule has 0 atom stereocenters. The molecule has 0 bridgehead atoms. The van der Waals surface area contributed by atoms with E-state index in [1.54, 1.807) is 31.4 Å². The topological polar surface area (TPSA) is 55.4 Å². The van der Waals surface area contributed by atoms with Gasteiger partial charge in [-0.25, -0.2) is 13.1 Å². The maximum Gasteiger partial charge on any atom is 0.240 e. The Balaban J connectivity index is 1.71. The first-order chi connectivity index (χ1) is 10.6. The minimum absolute atomic E-state index is 0.245. The molecule has 22 heavy (non-hydrogen) atoms. The Labute approximate surface area is 131 Å². The molecule has 116 valence electrons. The van der Waals surface area contributed by atoms with Crippen molar-refractivity contribution in [1.82, 2.24) is 4.72 Å². The highest BCUT2D eigenvalue weighted by Crippen LogP contribution is 2.23. The molecule has 0 saturated carbocycles. The van der Waals surface area contributed by atoms with Gasteiger partial charge >= 0.3 is 0 Å². The molecule has 0 unspecified atom stereocenters. The Kier molecular flexibility index (Phi) is 4.18. The normalized spacial score (nSPS) is 13.9. The minimum atomic E-state index is -3.50. The van der Waals surface area contributed by atoms with Crippen molar-refractivity contribution < 1.29 is 13.2 Å². The van der Waals surface area contributed by atoms with Gasteiger partial charge in [0.1, 0.15) is 5.75 Å². The predicted octanol–water partition coefficient (Wildman–Crippen LogP) is 2.66. The molecule has 0 heterocycles. The van der Waals surface area contributed by atoms with Crippen LogP contribution in [0.25, 0.3) is 0 Å². The second-order valence-electron chi connectivity index (χ2n) is 5.46. The number of ether oxygens (including phenoxy) is 1. The maximum absolute atomic E-state index is 12.3. The lowest BCUT2D eigenvalue weighted by Gasteiger charge is -2.09. The molecule has 0 aliphatic heterocycles. The van der Waals surface area contributed by atoms with Crippen LogP contribution in [-0.4, -0.2) is 15.5 Å². The standard InChI is InChI=1S/C17H19NO3S/c1-21-16-7-9-17(10-8-16)22(19,20)18-12-13-5-6-14-3-2-4-15(14)11-13/h5-11,18H,2-4,12H2,1H3. The lowest BCUT2D eigenvalue weighted by Crippen LogP contribution is -2.23. The highest BCUT2D eigenvalue weighted by Gasteiger charge is 2.15. The van der Waals surface area contributed by atoms with Gasteiger partial charge in [0.25, 0.3) is 0 Å². The van der Waals surface area contributed by atoms with Crippen LogP contribution in [0.2, 0.25) is 0 Å². The molecule has 5 heteroatoms. The van der Waals surface area contributed by atoms with E-state index < -0.39 is 10.0 Å². The Hall–Kier alpha value is -1.85. The van der Waals surface area contributed by atoms with E-state index in [1.807, 2.05) is 6.07 Å². The summed E-state index contributed by atoms with van der Waals surface area (Å²) in [5.41, 5.74) is 3.74. The van der Waals surface area contributed by atoms with E-state index in [9.17, 15) is 8.42 Å². The van der Waals surface area contributed by atoms with Crippen molar-refractivity contribution in [1.29, 1.82) is 0 Å². The van der Waals surface area contributed by atoms with Crippen molar-refractivity contribution in [3.05, 3.63) is 59.2 Å². The number of sulfonamides is 1. The second-order valence-corrected chi connectivity index (χ2v) is 7.22. The number of nitrogens with one attached hydrogen (secondary N) is 1. The van der Waals surface area contributed by atoms with Crippen LogP contribution in [-0.2, 0) is 29.4 Å². The number of hydrogen-bond acceptors (Lipinski definition) is 3. The van der Waals surface area contributed by atoms with Gasteiger partial charge in [-0.1, -0.05) is 18.2 Å². The van der Waals surface area contributed by atoms with Gasteiger partial charge in [0.15, 0.2) is 0 Å². The third kappa shape index (κ3) is 3.15. The maximum atomic E-state index is 12.3. The molecule has 3 rings (SSSR count). The molecule has 0 amide bonds. The monoisotopic (exact) mass is 317 g/mol. The summed E-state index contributed by atoms with van der Waals surface area (Å²) < 4.78 is 32.3. The molecule has 2 aromatic rings. The molecule has 1 aliphatic rings. The first-order valence-electron chi connectivity index (χ1n) is 7.33. The number of fused-ring (bicyclic) bond motifs is 1. The zero-order valence-electron chi connectivity index (χ0n) is 12.5. The van der Waals surface area contributed by atoms with Crippen molar-refractivity contribution in [3.63, 3.8) is 0 Å². The summed E-state index contributed by atoms with van der Waals surface area (Å²) in [7, 11) is -1.95. The first kappa shape index (κ1) is 15.1. The number of aryl methyl sites for hydroxylation is 2. The molecule has 0 fully saturated rings. The highest BCUT2D eigenvalue weighted by molar-refractivity contribution is 7.89. The van der Waals surface area contributed by atoms with E-state index in [-0.39, 0.29) is 4.90 Å². The molecule has 1 aliphatic carbocycles. The fourth-order valence-electron chi connectivity index (χ4n) is 2.75. The SMILES string of the molecule is COc1ccc(S(=O)(=O)NCc2ccc3c(c2)CCC3)cc1. The van der Waals surface area contributed by atoms with Gasteiger partial charge in [-0.2, -0.15) is 0 Å². The summed E-state index contributed by atoms with van der Waals surface area (Å²) >= 11 is 0. The van der Waals surface area contributed by atoms with E-state index in [1.165, 1.54) is 17.5 Å². The molecule has 0 spiro atoms. The molecular formula is C17H19NO3S. The molecule has 4 nitrogen and oxygen atoms in total. The highest BCUT2D eigenvalue weighted by atomic mass is 32.2. The summed E-state index contributed by atoms with van der Waals surface area (Å²) in [6.07, 6.45) is 3.41. The number of hydrogen-bond donors (Lipinski definition) is 1.